The molecule has 1 aliphatic rings. The first-order valence-electron chi connectivity index (χ1n) is 2.02. The van der Waals surface area contributed by atoms with Crippen molar-refractivity contribution in [1.29, 1.82) is 0 Å². The summed E-state index contributed by atoms with van der Waals surface area (Å²) >= 11 is 0. The van der Waals surface area contributed by atoms with E-state index in [1.165, 1.54) is 0 Å². The minimum Gasteiger partial charge on any atom is -0.504 e. The second-order valence-corrected chi connectivity index (χ2v) is 1.25. The van der Waals surface area contributed by atoms with Crippen LogP contribution in [0.3, 0.4) is 0 Å². The van der Waals surface area contributed by atoms with Gasteiger partial charge in [0.05, 0.1) is 0 Å². The summed E-state index contributed by atoms with van der Waals surface area (Å²) in [6.07, 6.45) is 2.25. The quantitative estimate of drug-likeness (QED) is 0.446. The lowest BCUT2D eigenvalue weighted by atomic mass is 10.3. The third-order valence-corrected chi connectivity index (χ3v) is 0.676. The van der Waals surface area contributed by atoms with Crippen LogP contribution in [0, 0.1) is 0 Å². The third-order valence-electron chi connectivity index (χ3n) is 0.676. The Morgan fingerprint density at radius 3 is 2.86 bits per heavy atom. The van der Waals surface area contributed by atoms with E-state index in [0.717, 1.165) is 0 Å². The smallest absolute Gasteiger partial charge is 0.148 e. The molecule has 0 saturated carbocycles. The molecule has 0 radical (unpaired) electrons. The van der Waals surface area contributed by atoms with Crippen LogP contribution in [0.4, 0.5) is 0 Å². The molecule has 0 bridgehead atoms. The lowest BCUT2D eigenvalue weighted by molar-refractivity contribution is 0.402. The molecule has 0 fully saturated rings. The van der Waals surface area contributed by atoms with Crippen molar-refractivity contribution in [2.24, 2.45) is 0 Å². The van der Waals surface area contributed by atoms with E-state index in [-0.39, 0.29) is 5.76 Å². The fraction of sp³-hybridized carbons (Fsp3) is 0.167. The largest absolute Gasteiger partial charge is 0.504 e. The summed E-state index contributed by atoms with van der Waals surface area (Å²) in [4.78, 5) is 0. The molecular formula is C6H4O. The molecule has 0 aromatic carbocycles. The van der Waals surface area contributed by atoms with Gasteiger partial charge in [0, 0.05) is 6.42 Å². The van der Waals surface area contributed by atoms with Gasteiger partial charge in [-0.05, 0) is 17.5 Å². The Bertz CT molecular complexity index is 194. The van der Waals surface area contributed by atoms with Gasteiger partial charge in [-0.15, -0.1) is 0 Å². The van der Waals surface area contributed by atoms with Gasteiger partial charge in [-0.2, -0.15) is 0 Å². The summed E-state index contributed by atoms with van der Waals surface area (Å²) in [6.45, 7) is 0. The molecule has 0 amide bonds. The van der Waals surface area contributed by atoms with E-state index < -0.39 is 0 Å². The van der Waals surface area contributed by atoms with Crippen LogP contribution in [0.25, 0.3) is 0 Å². The predicted octanol–water partition coefficient (Wildman–Crippen LogP) is 1.30. The first-order valence-corrected chi connectivity index (χ1v) is 2.02. The van der Waals surface area contributed by atoms with Crippen LogP contribution in [0.1, 0.15) is 6.42 Å². The average molecular weight is 92.1 g/mol. The van der Waals surface area contributed by atoms with E-state index >= 15 is 0 Å². The summed E-state index contributed by atoms with van der Waals surface area (Å²) in [6, 6.07) is 0. The Balaban J connectivity index is 3.16. The fourth-order valence-electron chi connectivity index (χ4n) is 0.358. The van der Waals surface area contributed by atoms with E-state index in [0.29, 0.717) is 6.42 Å². The zero-order chi connectivity index (χ0) is 5.11. The van der Waals surface area contributed by atoms with Crippen molar-refractivity contribution in [2.75, 3.05) is 0 Å². The summed E-state index contributed by atoms with van der Waals surface area (Å²) in [5, 5.41) is 8.58. The highest BCUT2D eigenvalue weighted by Gasteiger charge is 1.84. The number of hydrogen-bond acceptors (Lipinski definition) is 1. The Morgan fingerprint density at radius 2 is 2.57 bits per heavy atom. The fourth-order valence-corrected chi connectivity index (χ4v) is 0.358. The Kier molecular flexibility index (Phi) is 0.898. The number of aliphatic hydroxyl groups is 1. The van der Waals surface area contributed by atoms with Gasteiger partial charge < -0.3 is 5.11 Å². The van der Waals surface area contributed by atoms with Crippen LogP contribution >= 0.6 is 0 Å². The second-order valence-electron chi connectivity index (χ2n) is 1.25. The molecule has 0 saturated heterocycles. The minimum atomic E-state index is 0.235. The third kappa shape index (κ3) is 0.855. The van der Waals surface area contributed by atoms with E-state index in [1.54, 1.807) is 6.08 Å². The maximum Gasteiger partial charge on any atom is 0.148 e. The molecule has 0 heterocycles. The van der Waals surface area contributed by atoms with Gasteiger partial charge in [-0.1, -0.05) is 5.73 Å². The van der Waals surface area contributed by atoms with Crippen LogP contribution < -0.4 is 0 Å². The molecule has 0 spiro atoms. The minimum absolute atomic E-state index is 0.235. The number of allylic oxidation sites excluding steroid dienone is 1. The van der Waals surface area contributed by atoms with Crippen molar-refractivity contribution in [3.05, 3.63) is 29.0 Å². The van der Waals surface area contributed by atoms with E-state index in [1.807, 2.05) is 0 Å². The van der Waals surface area contributed by atoms with Crippen LogP contribution in [0.5, 0.6) is 0 Å². The van der Waals surface area contributed by atoms with Gasteiger partial charge in [0.1, 0.15) is 5.76 Å². The number of rotatable bonds is 0. The molecule has 0 atom stereocenters. The zero-order valence-electron chi connectivity index (χ0n) is 3.73. The first-order chi connectivity index (χ1) is 3.39. The zero-order valence-corrected chi connectivity index (χ0v) is 3.73. The maximum absolute atomic E-state index is 8.58. The molecule has 1 heteroatoms. The predicted molar refractivity (Wildman–Crippen MR) is 25.9 cm³/mol. The van der Waals surface area contributed by atoms with E-state index in [9.17, 15) is 0 Å². The van der Waals surface area contributed by atoms with Crippen molar-refractivity contribution < 1.29 is 5.11 Å². The summed E-state index contributed by atoms with van der Waals surface area (Å²) in [5.41, 5.74) is 7.60. The van der Waals surface area contributed by atoms with Crippen molar-refractivity contribution in [1.82, 2.24) is 0 Å². The van der Waals surface area contributed by atoms with Gasteiger partial charge in [-0.3, -0.25) is 0 Å². The molecule has 0 aliphatic heterocycles. The summed E-state index contributed by atoms with van der Waals surface area (Å²) < 4.78 is 0. The lowest BCUT2D eigenvalue weighted by Gasteiger charge is -1.84. The van der Waals surface area contributed by atoms with E-state index in [2.05, 4.69) is 17.2 Å². The normalized spacial score (nSPS) is 14.6. The van der Waals surface area contributed by atoms with Crippen LogP contribution in [-0.2, 0) is 0 Å². The van der Waals surface area contributed by atoms with Crippen molar-refractivity contribution in [2.45, 2.75) is 6.42 Å². The van der Waals surface area contributed by atoms with Gasteiger partial charge in [-0.25, -0.2) is 0 Å². The molecule has 7 heavy (non-hydrogen) atoms. The Hall–Kier alpha value is -1.12. The Labute approximate surface area is 41.6 Å². The van der Waals surface area contributed by atoms with Gasteiger partial charge in [0.15, 0.2) is 0 Å². The monoisotopic (exact) mass is 92.0 g/mol. The van der Waals surface area contributed by atoms with Crippen molar-refractivity contribution in [3.63, 3.8) is 0 Å². The maximum atomic E-state index is 8.58. The van der Waals surface area contributed by atoms with Gasteiger partial charge in [0.2, 0.25) is 0 Å². The average Bonchev–Trinajstić information content (AvgIpc) is 1.69. The number of aliphatic hydroxyl groups excluding tert-OH is 1. The van der Waals surface area contributed by atoms with Crippen LogP contribution in [0.2, 0.25) is 0 Å². The lowest BCUT2D eigenvalue weighted by Crippen LogP contribution is -1.73. The molecular weight excluding hydrogens is 88.1 g/mol. The first kappa shape index (κ1) is 4.05. The van der Waals surface area contributed by atoms with Gasteiger partial charge in [0.25, 0.3) is 0 Å². The highest BCUT2D eigenvalue weighted by molar-refractivity contribution is 5.03. The molecule has 0 aromatic heterocycles. The topological polar surface area (TPSA) is 20.2 Å². The summed E-state index contributed by atoms with van der Waals surface area (Å²) in [5.74, 6) is 0.235. The SMILES string of the molecule is OC1=C=C=C=CC1. The molecule has 1 nitrogen and oxygen atoms in total. The van der Waals surface area contributed by atoms with Gasteiger partial charge >= 0.3 is 0 Å². The molecule has 1 N–H and O–H groups in total. The van der Waals surface area contributed by atoms with Crippen molar-refractivity contribution >= 4 is 0 Å². The summed E-state index contributed by atoms with van der Waals surface area (Å²) in [7, 11) is 0. The highest BCUT2D eigenvalue weighted by Crippen LogP contribution is 1.94. The van der Waals surface area contributed by atoms with Crippen molar-refractivity contribution in [3.8, 4) is 0 Å². The van der Waals surface area contributed by atoms with Crippen LogP contribution in [-0.4, -0.2) is 5.11 Å². The van der Waals surface area contributed by atoms with E-state index in [4.69, 9.17) is 5.11 Å². The highest BCUT2D eigenvalue weighted by atomic mass is 16.3. The molecule has 34 valence electrons. The number of hydrogen-bond donors (Lipinski definition) is 1. The standard InChI is InChI=1S/C6H4O/c7-6-4-2-1-3-5-6/h2,7H,4H2. The molecule has 1 rings (SSSR count). The second kappa shape index (κ2) is 1.55. The molecule has 0 unspecified atom stereocenters. The van der Waals surface area contributed by atoms with Crippen LogP contribution in [0.15, 0.2) is 29.0 Å². The molecule has 1 aliphatic carbocycles. The molecule has 0 aromatic rings. The Morgan fingerprint density at radius 1 is 1.71 bits per heavy atom.